The first-order valence-electron chi connectivity index (χ1n) is 9.71. The standard InChI is InChI=1S/C21H26N4O4S/c1-16-8-9-19(17(2)14-16)30(28,29)25-12-10-24(11-13-25)15-20(26)23-21(27)22-18-6-4-3-5-7-18/h3-9,14H,10-13,15H2,1-2H3,(H2,22,23,26,27). The van der Waals surface area contributed by atoms with Crippen molar-refractivity contribution in [2.24, 2.45) is 0 Å². The van der Waals surface area contributed by atoms with Crippen molar-refractivity contribution in [2.45, 2.75) is 18.7 Å². The Kier molecular flexibility index (Phi) is 6.86. The van der Waals surface area contributed by atoms with Gasteiger partial charge in [0.25, 0.3) is 0 Å². The van der Waals surface area contributed by atoms with E-state index in [0.29, 0.717) is 36.8 Å². The number of carbonyl (C=O) groups is 2. The number of anilines is 1. The lowest BCUT2D eigenvalue weighted by Crippen LogP contribution is -2.51. The fourth-order valence-electron chi connectivity index (χ4n) is 3.41. The van der Waals surface area contributed by atoms with Crippen LogP contribution in [-0.2, 0) is 14.8 Å². The third-order valence-corrected chi connectivity index (χ3v) is 6.99. The van der Waals surface area contributed by atoms with Crippen molar-refractivity contribution in [3.8, 4) is 0 Å². The number of imide groups is 1. The van der Waals surface area contributed by atoms with Crippen LogP contribution in [0.1, 0.15) is 11.1 Å². The Hall–Kier alpha value is -2.75. The van der Waals surface area contributed by atoms with Crippen LogP contribution in [0, 0.1) is 13.8 Å². The van der Waals surface area contributed by atoms with Crippen molar-refractivity contribution in [3.63, 3.8) is 0 Å². The second-order valence-corrected chi connectivity index (χ2v) is 9.22. The molecule has 3 rings (SSSR count). The van der Waals surface area contributed by atoms with Gasteiger partial charge in [0.1, 0.15) is 0 Å². The SMILES string of the molecule is Cc1ccc(S(=O)(=O)N2CCN(CC(=O)NC(=O)Nc3ccccc3)CC2)c(C)c1. The van der Waals surface area contributed by atoms with Gasteiger partial charge in [-0.15, -0.1) is 0 Å². The first kappa shape index (κ1) is 21.9. The highest BCUT2D eigenvalue weighted by Gasteiger charge is 2.30. The highest BCUT2D eigenvalue weighted by molar-refractivity contribution is 7.89. The molecule has 0 saturated carbocycles. The molecule has 2 aromatic carbocycles. The minimum atomic E-state index is -3.57. The van der Waals surface area contributed by atoms with Gasteiger partial charge >= 0.3 is 6.03 Å². The van der Waals surface area contributed by atoms with E-state index in [1.807, 2.05) is 24.0 Å². The van der Waals surface area contributed by atoms with Gasteiger partial charge in [0.2, 0.25) is 15.9 Å². The van der Waals surface area contributed by atoms with E-state index in [0.717, 1.165) is 11.1 Å². The van der Waals surface area contributed by atoms with Crippen LogP contribution in [0.3, 0.4) is 0 Å². The number of carbonyl (C=O) groups excluding carboxylic acids is 2. The largest absolute Gasteiger partial charge is 0.325 e. The molecular formula is C21H26N4O4S. The van der Waals surface area contributed by atoms with Crippen molar-refractivity contribution in [3.05, 3.63) is 59.7 Å². The summed E-state index contributed by atoms with van der Waals surface area (Å²) in [7, 11) is -3.57. The van der Waals surface area contributed by atoms with Crippen LogP contribution in [0.5, 0.6) is 0 Å². The topological polar surface area (TPSA) is 98.8 Å². The van der Waals surface area contributed by atoms with Crippen molar-refractivity contribution in [1.29, 1.82) is 0 Å². The first-order valence-corrected chi connectivity index (χ1v) is 11.2. The maximum absolute atomic E-state index is 12.9. The summed E-state index contributed by atoms with van der Waals surface area (Å²) in [6.45, 7) is 5.15. The van der Waals surface area contributed by atoms with Crippen LogP contribution in [0.25, 0.3) is 0 Å². The van der Waals surface area contributed by atoms with E-state index in [1.54, 1.807) is 43.3 Å². The second kappa shape index (κ2) is 9.38. The molecule has 1 fully saturated rings. The summed E-state index contributed by atoms with van der Waals surface area (Å²) < 4.78 is 27.3. The van der Waals surface area contributed by atoms with Gasteiger partial charge in [-0.1, -0.05) is 35.9 Å². The van der Waals surface area contributed by atoms with Gasteiger partial charge in [0.15, 0.2) is 0 Å². The molecule has 0 unspecified atom stereocenters. The van der Waals surface area contributed by atoms with E-state index in [4.69, 9.17) is 0 Å². The Bertz CT molecular complexity index is 1020. The summed E-state index contributed by atoms with van der Waals surface area (Å²) in [6.07, 6.45) is 0. The van der Waals surface area contributed by atoms with Crippen LogP contribution >= 0.6 is 0 Å². The van der Waals surface area contributed by atoms with E-state index >= 15 is 0 Å². The van der Waals surface area contributed by atoms with Crippen LogP contribution in [0.4, 0.5) is 10.5 Å². The molecule has 1 heterocycles. The number of nitrogens with zero attached hydrogens (tertiary/aromatic N) is 2. The molecule has 8 nitrogen and oxygen atoms in total. The number of hydrogen-bond donors (Lipinski definition) is 2. The van der Waals surface area contributed by atoms with E-state index < -0.39 is 22.0 Å². The Morgan fingerprint density at radius 2 is 1.63 bits per heavy atom. The van der Waals surface area contributed by atoms with Crippen LogP contribution < -0.4 is 10.6 Å². The Morgan fingerprint density at radius 1 is 0.967 bits per heavy atom. The molecule has 0 aliphatic carbocycles. The second-order valence-electron chi connectivity index (χ2n) is 7.32. The molecule has 1 aliphatic rings. The van der Waals surface area contributed by atoms with Crippen LogP contribution in [-0.4, -0.2) is 62.3 Å². The lowest BCUT2D eigenvalue weighted by molar-refractivity contribution is -0.121. The Balaban J connectivity index is 1.50. The number of sulfonamides is 1. The maximum Gasteiger partial charge on any atom is 0.325 e. The molecular weight excluding hydrogens is 404 g/mol. The molecule has 1 saturated heterocycles. The quantitative estimate of drug-likeness (QED) is 0.756. The highest BCUT2D eigenvalue weighted by atomic mass is 32.2. The highest BCUT2D eigenvalue weighted by Crippen LogP contribution is 2.22. The van der Waals surface area contributed by atoms with Gasteiger partial charge in [-0.2, -0.15) is 4.31 Å². The Morgan fingerprint density at radius 3 is 2.27 bits per heavy atom. The number of rotatable bonds is 5. The van der Waals surface area contributed by atoms with Crippen molar-refractivity contribution < 1.29 is 18.0 Å². The van der Waals surface area contributed by atoms with E-state index in [1.165, 1.54) is 4.31 Å². The molecule has 2 N–H and O–H groups in total. The summed E-state index contributed by atoms with van der Waals surface area (Å²) in [5.41, 5.74) is 2.33. The van der Waals surface area contributed by atoms with E-state index in [9.17, 15) is 18.0 Å². The fraction of sp³-hybridized carbons (Fsp3) is 0.333. The number of urea groups is 1. The zero-order valence-electron chi connectivity index (χ0n) is 17.1. The normalized spacial score (nSPS) is 15.5. The molecule has 9 heteroatoms. The lowest BCUT2D eigenvalue weighted by atomic mass is 10.2. The third kappa shape index (κ3) is 5.44. The lowest BCUT2D eigenvalue weighted by Gasteiger charge is -2.33. The number of para-hydroxylation sites is 1. The molecule has 0 radical (unpaired) electrons. The predicted molar refractivity (Wildman–Crippen MR) is 115 cm³/mol. The zero-order chi connectivity index (χ0) is 21.7. The fourth-order valence-corrected chi connectivity index (χ4v) is 5.04. The molecule has 160 valence electrons. The molecule has 0 bridgehead atoms. The molecule has 3 amide bonds. The average Bonchev–Trinajstić information content (AvgIpc) is 2.68. The summed E-state index contributed by atoms with van der Waals surface area (Å²) >= 11 is 0. The number of amides is 3. The van der Waals surface area contributed by atoms with Crippen molar-refractivity contribution in [2.75, 3.05) is 38.0 Å². The summed E-state index contributed by atoms with van der Waals surface area (Å²) in [6, 6.07) is 13.5. The molecule has 0 aromatic heterocycles. The van der Waals surface area contributed by atoms with Crippen molar-refractivity contribution >= 4 is 27.6 Å². The molecule has 30 heavy (non-hydrogen) atoms. The predicted octanol–water partition coefficient (Wildman–Crippen LogP) is 1.96. The molecule has 2 aromatic rings. The van der Waals surface area contributed by atoms with Gasteiger partial charge in [-0.3, -0.25) is 15.0 Å². The smallest absolute Gasteiger partial charge is 0.308 e. The number of aryl methyl sites for hydroxylation is 2. The number of hydrogen-bond acceptors (Lipinski definition) is 5. The van der Waals surface area contributed by atoms with Gasteiger partial charge in [-0.05, 0) is 37.6 Å². The monoisotopic (exact) mass is 430 g/mol. The minimum absolute atomic E-state index is 0.0274. The van der Waals surface area contributed by atoms with E-state index in [-0.39, 0.29) is 6.54 Å². The van der Waals surface area contributed by atoms with Crippen LogP contribution in [0.2, 0.25) is 0 Å². The summed E-state index contributed by atoms with van der Waals surface area (Å²) in [5.74, 6) is -0.436. The van der Waals surface area contributed by atoms with Gasteiger partial charge in [0.05, 0.1) is 11.4 Å². The van der Waals surface area contributed by atoms with Gasteiger partial charge in [-0.25, -0.2) is 13.2 Å². The first-order chi connectivity index (χ1) is 14.3. The number of piperazine rings is 1. The summed E-state index contributed by atoms with van der Waals surface area (Å²) in [4.78, 5) is 26.2. The molecule has 0 spiro atoms. The maximum atomic E-state index is 12.9. The third-order valence-electron chi connectivity index (χ3n) is 4.93. The van der Waals surface area contributed by atoms with Crippen molar-refractivity contribution in [1.82, 2.24) is 14.5 Å². The summed E-state index contributed by atoms with van der Waals surface area (Å²) in [5, 5.41) is 4.88. The zero-order valence-corrected chi connectivity index (χ0v) is 17.9. The average molecular weight is 431 g/mol. The minimum Gasteiger partial charge on any atom is -0.308 e. The number of benzene rings is 2. The van der Waals surface area contributed by atoms with Crippen LogP contribution in [0.15, 0.2) is 53.4 Å². The van der Waals surface area contributed by atoms with Gasteiger partial charge in [0, 0.05) is 31.9 Å². The number of nitrogens with one attached hydrogen (secondary N) is 2. The van der Waals surface area contributed by atoms with E-state index in [2.05, 4.69) is 10.6 Å². The molecule has 0 atom stereocenters. The molecule has 1 aliphatic heterocycles. The Labute approximate surface area is 176 Å². The van der Waals surface area contributed by atoms with Gasteiger partial charge < -0.3 is 5.32 Å².